The van der Waals surface area contributed by atoms with Crippen molar-refractivity contribution in [2.45, 2.75) is 25.8 Å². The zero-order valence-corrected chi connectivity index (χ0v) is 9.73. The molecule has 0 aromatic carbocycles. The van der Waals surface area contributed by atoms with Gasteiger partial charge in [-0.1, -0.05) is 12.5 Å². The summed E-state index contributed by atoms with van der Waals surface area (Å²) >= 11 is 5.59. The number of halogens is 1. The second kappa shape index (κ2) is 5.16. The first-order valence-corrected chi connectivity index (χ1v) is 5.96. The third-order valence-electron chi connectivity index (χ3n) is 2.49. The molecule has 0 unspecified atom stereocenters. The molecule has 0 spiro atoms. The highest BCUT2D eigenvalue weighted by atomic mass is 35.5. The van der Waals surface area contributed by atoms with Crippen LogP contribution in [0.15, 0.2) is 29.2 Å². The van der Waals surface area contributed by atoms with Gasteiger partial charge in [0.15, 0.2) is 5.65 Å². The molecule has 5 heteroatoms. The average molecular weight is 240 g/mol. The van der Waals surface area contributed by atoms with E-state index in [1.807, 2.05) is 18.2 Å². The number of rotatable bonds is 5. The molecular formula is C11H14ClN3O. The summed E-state index contributed by atoms with van der Waals surface area (Å²) in [7, 11) is 0. The standard InChI is InChI=1S/C11H14ClN3O/c12-7-3-1-4-9-15-11(16)14-8-5-2-6-10(14)13-15/h2,5-6,8H,1,3-4,7,9H2. The molecule has 86 valence electrons. The molecule has 0 aliphatic carbocycles. The summed E-state index contributed by atoms with van der Waals surface area (Å²) in [5.74, 6) is 0.681. The van der Waals surface area contributed by atoms with Gasteiger partial charge in [0.2, 0.25) is 0 Å². The normalized spacial score (nSPS) is 11.1. The molecule has 2 heterocycles. The van der Waals surface area contributed by atoms with Crippen LogP contribution < -0.4 is 5.69 Å². The Morgan fingerprint density at radius 3 is 2.88 bits per heavy atom. The quantitative estimate of drug-likeness (QED) is 0.591. The topological polar surface area (TPSA) is 39.3 Å². The van der Waals surface area contributed by atoms with Crippen molar-refractivity contribution in [3.63, 3.8) is 0 Å². The first-order chi connectivity index (χ1) is 7.83. The zero-order chi connectivity index (χ0) is 11.4. The van der Waals surface area contributed by atoms with Crippen molar-refractivity contribution in [3.8, 4) is 0 Å². The lowest BCUT2D eigenvalue weighted by molar-refractivity contribution is 0.539. The van der Waals surface area contributed by atoms with Crippen molar-refractivity contribution in [2.75, 3.05) is 5.88 Å². The number of pyridine rings is 1. The van der Waals surface area contributed by atoms with Crippen LogP contribution in [-0.4, -0.2) is 20.1 Å². The van der Waals surface area contributed by atoms with Gasteiger partial charge in [0.25, 0.3) is 0 Å². The van der Waals surface area contributed by atoms with Crippen LogP contribution in [0.5, 0.6) is 0 Å². The summed E-state index contributed by atoms with van der Waals surface area (Å²) < 4.78 is 3.07. The van der Waals surface area contributed by atoms with Crippen LogP contribution in [-0.2, 0) is 6.54 Å². The first kappa shape index (κ1) is 11.2. The van der Waals surface area contributed by atoms with E-state index in [2.05, 4.69) is 5.10 Å². The van der Waals surface area contributed by atoms with Crippen LogP contribution >= 0.6 is 11.6 Å². The van der Waals surface area contributed by atoms with Crippen LogP contribution in [0.25, 0.3) is 5.65 Å². The summed E-state index contributed by atoms with van der Waals surface area (Å²) in [5, 5.41) is 4.24. The smallest absolute Gasteiger partial charge is 0.250 e. The van der Waals surface area contributed by atoms with Crippen molar-refractivity contribution in [1.29, 1.82) is 0 Å². The van der Waals surface area contributed by atoms with Gasteiger partial charge in [0, 0.05) is 18.6 Å². The number of nitrogens with zero attached hydrogens (tertiary/aromatic N) is 3. The molecule has 0 amide bonds. The fraction of sp³-hybridized carbons (Fsp3) is 0.455. The monoisotopic (exact) mass is 239 g/mol. The fourth-order valence-corrected chi connectivity index (χ4v) is 1.84. The Kier molecular flexibility index (Phi) is 3.62. The Bertz CT molecular complexity index is 517. The lowest BCUT2D eigenvalue weighted by atomic mass is 10.2. The van der Waals surface area contributed by atoms with Crippen molar-refractivity contribution in [1.82, 2.24) is 14.2 Å². The number of unbranched alkanes of at least 4 members (excludes halogenated alkanes) is 2. The fourth-order valence-electron chi connectivity index (χ4n) is 1.65. The minimum Gasteiger partial charge on any atom is -0.250 e. The van der Waals surface area contributed by atoms with Crippen molar-refractivity contribution < 1.29 is 0 Å². The number of aromatic nitrogens is 3. The second-order valence-electron chi connectivity index (χ2n) is 3.68. The highest BCUT2D eigenvalue weighted by molar-refractivity contribution is 6.17. The van der Waals surface area contributed by atoms with Gasteiger partial charge in [-0.25, -0.2) is 9.48 Å². The second-order valence-corrected chi connectivity index (χ2v) is 4.06. The summed E-state index contributed by atoms with van der Waals surface area (Å²) in [6, 6.07) is 5.53. The Labute approximate surface area is 98.5 Å². The molecule has 0 aliphatic rings. The molecule has 0 bridgehead atoms. The maximum atomic E-state index is 11.8. The van der Waals surface area contributed by atoms with E-state index in [-0.39, 0.29) is 5.69 Å². The lowest BCUT2D eigenvalue weighted by Gasteiger charge is -1.97. The van der Waals surface area contributed by atoms with Crippen LogP contribution in [0.1, 0.15) is 19.3 Å². The number of hydrogen-bond acceptors (Lipinski definition) is 2. The molecule has 2 aromatic rings. The molecule has 0 N–H and O–H groups in total. The molecule has 2 aromatic heterocycles. The molecule has 0 aliphatic heterocycles. The maximum absolute atomic E-state index is 11.8. The molecule has 0 saturated heterocycles. The predicted octanol–water partition coefficient (Wildman–Crippen LogP) is 1.91. The van der Waals surface area contributed by atoms with E-state index in [4.69, 9.17) is 11.6 Å². The average Bonchev–Trinajstić information content (AvgIpc) is 2.63. The van der Waals surface area contributed by atoms with Gasteiger partial charge in [0.1, 0.15) is 0 Å². The van der Waals surface area contributed by atoms with Gasteiger partial charge >= 0.3 is 5.69 Å². The Morgan fingerprint density at radius 1 is 1.25 bits per heavy atom. The van der Waals surface area contributed by atoms with Crippen LogP contribution in [0.4, 0.5) is 0 Å². The maximum Gasteiger partial charge on any atom is 0.350 e. The lowest BCUT2D eigenvalue weighted by Crippen LogP contribution is -2.21. The Hall–Kier alpha value is -1.29. The highest BCUT2D eigenvalue weighted by Gasteiger charge is 2.04. The Balaban J connectivity index is 2.13. The number of fused-ring (bicyclic) bond motifs is 1. The van der Waals surface area contributed by atoms with E-state index in [0.717, 1.165) is 19.3 Å². The zero-order valence-electron chi connectivity index (χ0n) is 8.97. The molecule has 0 atom stereocenters. The molecule has 4 nitrogen and oxygen atoms in total. The first-order valence-electron chi connectivity index (χ1n) is 5.43. The number of hydrogen-bond donors (Lipinski definition) is 0. The number of aryl methyl sites for hydroxylation is 1. The van der Waals surface area contributed by atoms with Crippen molar-refractivity contribution >= 4 is 17.2 Å². The molecule has 0 fully saturated rings. The van der Waals surface area contributed by atoms with Gasteiger partial charge < -0.3 is 0 Å². The number of alkyl halides is 1. The summed E-state index contributed by atoms with van der Waals surface area (Å²) in [4.78, 5) is 11.8. The van der Waals surface area contributed by atoms with Crippen LogP contribution in [0, 0.1) is 0 Å². The highest BCUT2D eigenvalue weighted by Crippen LogP contribution is 2.00. The van der Waals surface area contributed by atoms with Gasteiger partial charge in [-0.3, -0.25) is 4.40 Å². The van der Waals surface area contributed by atoms with E-state index >= 15 is 0 Å². The summed E-state index contributed by atoms with van der Waals surface area (Å²) in [5.41, 5.74) is 0.631. The van der Waals surface area contributed by atoms with E-state index in [9.17, 15) is 4.79 Å². The largest absolute Gasteiger partial charge is 0.350 e. The molecule has 2 rings (SSSR count). The van der Waals surface area contributed by atoms with Crippen molar-refractivity contribution in [2.24, 2.45) is 0 Å². The minimum atomic E-state index is -0.0681. The van der Waals surface area contributed by atoms with Crippen molar-refractivity contribution in [3.05, 3.63) is 34.9 Å². The summed E-state index contributed by atoms with van der Waals surface area (Å²) in [6.07, 6.45) is 4.70. The van der Waals surface area contributed by atoms with E-state index in [0.29, 0.717) is 18.1 Å². The summed E-state index contributed by atoms with van der Waals surface area (Å²) in [6.45, 7) is 0.664. The SMILES string of the molecule is O=c1n(CCCCCCl)nc2ccccn12. The molecule has 0 radical (unpaired) electrons. The van der Waals surface area contributed by atoms with E-state index < -0.39 is 0 Å². The minimum absolute atomic E-state index is 0.0681. The van der Waals surface area contributed by atoms with E-state index in [1.54, 1.807) is 10.6 Å². The third-order valence-corrected chi connectivity index (χ3v) is 2.76. The van der Waals surface area contributed by atoms with Crippen LogP contribution in [0.2, 0.25) is 0 Å². The van der Waals surface area contributed by atoms with Gasteiger partial charge in [-0.2, -0.15) is 0 Å². The van der Waals surface area contributed by atoms with Gasteiger partial charge in [0.05, 0.1) is 0 Å². The molecule has 0 saturated carbocycles. The van der Waals surface area contributed by atoms with Crippen LogP contribution in [0.3, 0.4) is 0 Å². The molecule has 16 heavy (non-hydrogen) atoms. The van der Waals surface area contributed by atoms with E-state index in [1.165, 1.54) is 4.68 Å². The van der Waals surface area contributed by atoms with Gasteiger partial charge in [-0.05, 0) is 25.0 Å². The predicted molar refractivity (Wildman–Crippen MR) is 64.0 cm³/mol. The Morgan fingerprint density at radius 2 is 2.12 bits per heavy atom. The molecular weight excluding hydrogens is 226 g/mol. The van der Waals surface area contributed by atoms with Gasteiger partial charge in [-0.15, -0.1) is 16.7 Å². The third kappa shape index (κ3) is 2.27.